The summed E-state index contributed by atoms with van der Waals surface area (Å²) in [5, 5.41) is 9.54. The van der Waals surface area contributed by atoms with Crippen LogP contribution in [0.4, 0.5) is 0 Å². The van der Waals surface area contributed by atoms with Gasteiger partial charge < -0.3 is 14.3 Å². The van der Waals surface area contributed by atoms with Crippen LogP contribution in [0, 0.1) is 13.8 Å². The van der Waals surface area contributed by atoms with Crippen LogP contribution in [-0.2, 0) is 11.8 Å². The molecule has 1 aromatic carbocycles. The zero-order chi connectivity index (χ0) is 20.4. The largest absolute Gasteiger partial charge is 0.465 e. The number of carbonyl (C=O) groups excluding carboxylic acids is 2. The number of nitrogens with one attached hydrogen (secondary N) is 1. The number of ketones is 1. The molecule has 2 aromatic heterocycles. The molecular formula is C19H19ClN4O3S. The van der Waals surface area contributed by atoms with Crippen LogP contribution in [0.15, 0.2) is 29.4 Å². The Kier molecular flexibility index (Phi) is 5.90. The summed E-state index contributed by atoms with van der Waals surface area (Å²) < 4.78 is 6.58. The second-order valence-corrected chi connectivity index (χ2v) is 7.52. The van der Waals surface area contributed by atoms with Crippen molar-refractivity contribution in [2.45, 2.75) is 19.0 Å². The van der Waals surface area contributed by atoms with E-state index in [2.05, 4.69) is 15.2 Å². The van der Waals surface area contributed by atoms with Crippen molar-refractivity contribution in [3.05, 3.63) is 51.8 Å². The zero-order valence-electron chi connectivity index (χ0n) is 15.9. The Morgan fingerprint density at radius 3 is 2.64 bits per heavy atom. The first kappa shape index (κ1) is 20.2. The number of halogens is 1. The number of thioether (sulfide) groups is 1. The number of nitrogens with zero attached hydrogens (tertiary/aromatic N) is 3. The van der Waals surface area contributed by atoms with Gasteiger partial charge in [0.2, 0.25) is 0 Å². The van der Waals surface area contributed by atoms with Crippen LogP contribution in [0.25, 0.3) is 11.4 Å². The number of rotatable bonds is 6. The number of H-pyrrole nitrogens is 1. The number of hydrogen-bond acceptors (Lipinski definition) is 6. The number of ether oxygens (including phenoxy) is 1. The van der Waals surface area contributed by atoms with E-state index in [1.165, 1.54) is 18.9 Å². The average Bonchev–Trinajstić information content (AvgIpc) is 3.19. The van der Waals surface area contributed by atoms with Gasteiger partial charge in [-0.15, -0.1) is 10.2 Å². The van der Waals surface area contributed by atoms with Crippen molar-refractivity contribution in [1.29, 1.82) is 0 Å². The standard InChI is InChI=1S/C19H19ClN4O3S/c1-10-15(18(26)27-4)11(2)21-16(10)14(25)9-28-19-23-22-17(24(19)3)12-7-5-6-8-13(12)20/h5-8,21H,9H2,1-4H3. The lowest BCUT2D eigenvalue weighted by Gasteiger charge is -2.05. The van der Waals surface area contributed by atoms with Gasteiger partial charge in [-0.05, 0) is 31.5 Å². The molecule has 0 radical (unpaired) electrons. The van der Waals surface area contributed by atoms with Crippen LogP contribution in [0.2, 0.25) is 5.02 Å². The average molecular weight is 419 g/mol. The third-order valence-corrected chi connectivity index (χ3v) is 5.74. The van der Waals surface area contributed by atoms with Crippen LogP contribution >= 0.6 is 23.4 Å². The van der Waals surface area contributed by atoms with E-state index in [1.54, 1.807) is 24.5 Å². The first-order chi connectivity index (χ1) is 13.3. The molecule has 3 rings (SSSR count). The summed E-state index contributed by atoms with van der Waals surface area (Å²) in [6.07, 6.45) is 0. The Labute approximate surface area is 171 Å². The van der Waals surface area contributed by atoms with E-state index in [1.807, 2.05) is 25.2 Å². The first-order valence-electron chi connectivity index (χ1n) is 8.42. The molecule has 0 atom stereocenters. The van der Waals surface area contributed by atoms with E-state index < -0.39 is 5.97 Å². The maximum absolute atomic E-state index is 12.7. The predicted octanol–water partition coefficient (Wildman–Crippen LogP) is 3.84. The van der Waals surface area contributed by atoms with E-state index in [4.69, 9.17) is 16.3 Å². The van der Waals surface area contributed by atoms with Gasteiger partial charge >= 0.3 is 5.97 Å². The fourth-order valence-electron chi connectivity index (χ4n) is 2.96. The highest BCUT2D eigenvalue weighted by molar-refractivity contribution is 7.99. The van der Waals surface area contributed by atoms with Gasteiger partial charge in [-0.1, -0.05) is 35.5 Å². The van der Waals surface area contributed by atoms with Crippen molar-refractivity contribution in [2.24, 2.45) is 7.05 Å². The van der Waals surface area contributed by atoms with Gasteiger partial charge in [-0.2, -0.15) is 0 Å². The molecule has 0 bridgehead atoms. The minimum atomic E-state index is -0.462. The number of benzene rings is 1. The molecule has 0 fully saturated rings. The maximum atomic E-state index is 12.7. The lowest BCUT2D eigenvalue weighted by Crippen LogP contribution is -2.07. The van der Waals surface area contributed by atoms with Crippen molar-refractivity contribution in [2.75, 3.05) is 12.9 Å². The molecule has 0 unspecified atom stereocenters. The molecule has 0 saturated carbocycles. The quantitative estimate of drug-likeness (QED) is 0.371. The smallest absolute Gasteiger partial charge is 0.339 e. The second kappa shape index (κ2) is 8.20. The molecule has 0 amide bonds. The maximum Gasteiger partial charge on any atom is 0.339 e. The monoisotopic (exact) mass is 418 g/mol. The number of carbonyl (C=O) groups is 2. The number of aromatic amines is 1. The fourth-order valence-corrected chi connectivity index (χ4v) is 3.96. The topological polar surface area (TPSA) is 89.9 Å². The Morgan fingerprint density at radius 1 is 1.25 bits per heavy atom. The molecule has 0 saturated heterocycles. The molecule has 146 valence electrons. The second-order valence-electron chi connectivity index (χ2n) is 6.17. The number of aryl methyl sites for hydroxylation is 1. The minimum absolute atomic E-state index is 0.136. The van der Waals surface area contributed by atoms with Crippen molar-refractivity contribution >= 4 is 35.1 Å². The summed E-state index contributed by atoms with van der Waals surface area (Å²) in [6.45, 7) is 3.47. The summed E-state index contributed by atoms with van der Waals surface area (Å²) in [7, 11) is 3.14. The fraction of sp³-hybridized carbons (Fsp3) is 0.263. The predicted molar refractivity (Wildman–Crippen MR) is 108 cm³/mol. The van der Waals surface area contributed by atoms with Crippen molar-refractivity contribution in [1.82, 2.24) is 19.7 Å². The van der Waals surface area contributed by atoms with Gasteiger partial charge in [0.1, 0.15) is 0 Å². The minimum Gasteiger partial charge on any atom is -0.465 e. The first-order valence-corrected chi connectivity index (χ1v) is 9.79. The summed E-state index contributed by atoms with van der Waals surface area (Å²) in [6, 6.07) is 7.38. The summed E-state index contributed by atoms with van der Waals surface area (Å²) in [5.41, 5.74) is 2.77. The van der Waals surface area contributed by atoms with Gasteiger partial charge in [0.05, 0.1) is 29.1 Å². The van der Waals surface area contributed by atoms with E-state index in [0.29, 0.717) is 38.5 Å². The number of methoxy groups -OCH3 is 1. The van der Waals surface area contributed by atoms with Gasteiger partial charge in [0, 0.05) is 18.3 Å². The Balaban J connectivity index is 1.78. The van der Waals surface area contributed by atoms with Gasteiger partial charge in [-0.25, -0.2) is 4.79 Å². The third kappa shape index (κ3) is 3.70. The molecule has 0 spiro atoms. The normalized spacial score (nSPS) is 10.9. The van der Waals surface area contributed by atoms with E-state index in [0.717, 1.165) is 5.56 Å². The van der Waals surface area contributed by atoms with Crippen LogP contribution in [0.1, 0.15) is 32.1 Å². The van der Waals surface area contributed by atoms with Crippen molar-refractivity contribution < 1.29 is 14.3 Å². The number of aromatic nitrogens is 4. The molecule has 28 heavy (non-hydrogen) atoms. The van der Waals surface area contributed by atoms with Gasteiger partial charge in [0.15, 0.2) is 16.8 Å². The van der Waals surface area contributed by atoms with Crippen LogP contribution in [-0.4, -0.2) is 44.4 Å². The lowest BCUT2D eigenvalue weighted by atomic mass is 10.1. The van der Waals surface area contributed by atoms with Crippen LogP contribution < -0.4 is 0 Å². The Morgan fingerprint density at radius 2 is 1.96 bits per heavy atom. The van der Waals surface area contributed by atoms with Gasteiger partial charge in [-0.3, -0.25) is 4.79 Å². The number of hydrogen-bond donors (Lipinski definition) is 1. The molecule has 2 heterocycles. The summed E-state index contributed by atoms with van der Waals surface area (Å²) in [5.74, 6) is 0.176. The zero-order valence-corrected chi connectivity index (χ0v) is 17.4. The molecular weight excluding hydrogens is 400 g/mol. The van der Waals surface area contributed by atoms with Crippen LogP contribution in [0.3, 0.4) is 0 Å². The molecule has 7 nitrogen and oxygen atoms in total. The highest BCUT2D eigenvalue weighted by atomic mass is 35.5. The summed E-state index contributed by atoms with van der Waals surface area (Å²) in [4.78, 5) is 27.6. The lowest BCUT2D eigenvalue weighted by molar-refractivity contribution is 0.0599. The van der Waals surface area contributed by atoms with Crippen molar-refractivity contribution in [3.63, 3.8) is 0 Å². The van der Waals surface area contributed by atoms with E-state index in [-0.39, 0.29) is 11.5 Å². The molecule has 0 aliphatic rings. The molecule has 1 N–H and O–H groups in total. The Bertz CT molecular complexity index is 1060. The van der Waals surface area contributed by atoms with Crippen LogP contribution in [0.5, 0.6) is 0 Å². The van der Waals surface area contributed by atoms with E-state index >= 15 is 0 Å². The highest BCUT2D eigenvalue weighted by Crippen LogP contribution is 2.29. The molecule has 9 heteroatoms. The van der Waals surface area contributed by atoms with Gasteiger partial charge in [0.25, 0.3) is 0 Å². The summed E-state index contributed by atoms with van der Waals surface area (Å²) >= 11 is 7.51. The number of Topliss-reactive ketones (excluding diaryl/α,β-unsaturated/α-hetero) is 1. The number of esters is 1. The Hall–Kier alpha value is -2.58. The molecule has 3 aromatic rings. The molecule has 0 aliphatic carbocycles. The SMILES string of the molecule is COC(=O)c1c(C)[nH]c(C(=O)CSc2nnc(-c3ccccc3Cl)n2C)c1C. The van der Waals surface area contributed by atoms with Crippen molar-refractivity contribution in [3.8, 4) is 11.4 Å². The molecule has 0 aliphatic heterocycles. The highest BCUT2D eigenvalue weighted by Gasteiger charge is 2.23. The van der Waals surface area contributed by atoms with E-state index in [9.17, 15) is 9.59 Å². The third-order valence-electron chi connectivity index (χ3n) is 4.39.